The molecule has 51 heavy (non-hydrogen) atoms. The minimum Gasteiger partial charge on any atom is -0.478 e. The number of alkyl halides is 3. The highest BCUT2D eigenvalue weighted by Crippen LogP contribution is 2.63. The molecule has 0 saturated heterocycles. The van der Waals surface area contributed by atoms with E-state index in [0.29, 0.717) is 28.2 Å². The van der Waals surface area contributed by atoms with Crippen LogP contribution in [0.3, 0.4) is 0 Å². The number of nitrogens with zero attached hydrogens (tertiary/aromatic N) is 2. The van der Waals surface area contributed by atoms with Crippen molar-refractivity contribution >= 4 is 63.6 Å². The molecule has 0 saturated carbocycles. The number of halogens is 5. The molecule has 0 radical (unpaired) electrons. The average Bonchev–Trinajstić information content (AvgIpc) is 3.33. The molecule has 1 unspecified atom stereocenters. The molecule has 1 N–H and O–H groups in total. The van der Waals surface area contributed by atoms with Crippen LogP contribution in [0.1, 0.15) is 102 Å². The number of carbonyl (C=O) groups is 3. The Morgan fingerprint density at radius 1 is 0.941 bits per heavy atom. The van der Waals surface area contributed by atoms with Crippen molar-refractivity contribution in [2.45, 2.75) is 77.2 Å². The van der Waals surface area contributed by atoms with Gasteiger partial charge >= 0.3 is 24.0 Å². The number of aromatic carboxylic acids is 1. The second kappa shape index (κ2) is 10.3. The first-order valence-corrected chi connectivity index (χ1v) is 17.1. The van der Waals surface area contributed by atoms with Gasteiger partial charge in [0.15, 0.2) is 5.60 Å². The molecular formula is C38H31Cl2F3N2O6. The topological polar surface area (TPSA) is 96.4 Å². The van der Waals surface area contributed by atoms with Gasteiger partial charge in [-0.3, -0.25) is 9.69 Å². The Labute approximate surface area is 301 Å². The van der Waals surface area contributed by atoms with E-state index in [1.54, 1.807) is 19.1 Å². The Balaban J connectivity index is 1.51. The van der Waals surface area contributed by atoms with Crippen LogP contribution < -0.4 is 14.5 Å². The Hall–Kier alpha value is -4.48. The lowest BCUT2D eigenvalue weighted by molar-refractivity contribution is -0.171. The van der Waals surface area contributed by atoms with Gasteiger partial charge in [0.05, 0.1) is 43.6 Å². The van der Waals surface area contributed by atoms with E-state index in [1.165, 1.54) is 19.9 Å². The van der Waals surface area contributed by atoms with Crippen molar-refractivity contribution < 1.29 is 42.1 Å². The van der Waals surface area contributed by atoms with Gasteiger partial charge in [-0.15, -0.1) is 0 Å². The zero-order chi connectivity index (χ0) is 36.9. The molecule has 0 bridgehead atoms. The largest absolute Gasteiger partial charge is 0.478 e. The second-order valence-corrected chi connectivity index (χ2v) is 15.6. The van der Waals surface area contributed by atoms with Crippen LogP contribution in [0.5, 0.6) is 11.5 Å². The third-order valence-corrected chi connectivity index (χ3v) is 11.4. The molecule has 8 rings (SSSR count). The Kier molecular flexibility index (Phi) is 6.81. The second-order valence-electron chi connectivity index (χ2n) is 14.8. The average molecular weight is 740 g/mol. The van der Waals surface area contributed by atoms with Crippen LogP contribution in [0.25, 0.3) is 11.1 Å². The van der Waals surface area contributed by atoms with Gasteiger partial charge in [0.25, 0.3) is 0 Å². The first-order valence-electron chi connectivity index (χ1n) is 16.3. The van der Waals surface area contributed by atoms with E-state index < -0.39 is 40.7 Å². The third-order valence-electron chi connectivity index (χ3n) is 10.7. The van der Waals surface area contributed by atoms with Crippen molar-refractivity contribution in [2.75, 3.05) is 16.3 Å². The number of esters is 1. The number of hydrogen-bond acceptors (Lipinski definition) is 6. The quantitative estimate of drug-likeness (QED) is 0.249. The first kappa shape index (κ1) is 33.7. The standard InChI is InChI=1S/C38H31Cl2F3N2O6/c1-16-15-36(5,6)45(34(49)38(41,42)43)25-13-26-22(10-19(16)25)37(28-24(39)12-21(32(46)47)29(40)27(28)33(48)51-37)23-11-20-17(2)14-35(3,4)44-9-7-8-18(30(20)44)31(23)50-26/h10-15H,7-9H2,1-6H3,(H,46,47). The third kappa shape index (κ3) is 4.37. The van der Waals surface area contributed by atoms with Gasteiger partial charge in [0.1, 0.15) is 11.5 Å². The van der Waals surface area contributed by atoms with Crippen molar-refractivity contribution in [3.63, 3.8) is 0 Å². The molecule has 1 spiro atoms. The molecule has 13 heteroatoms. The maximum Gasteiger partial charge on any atom is 0.471 e. The summed E-state index contributed by atoms with van der Waals surface area (Å²) < 4.78 is 55.6. The number of hydrogen-bond donors (Lipinski definition) is 1. The van der Waals surface area contributed by atoms with Gasteiger partial charge in [-0.25, -0.2) is 9.59 Å². The first-order chi connectivity index (χ1) is 23.7. The fraction of sp³-hybridized carbons (Fsp3) is 0.342. The molecule has 8 nitrogen and oxygen atoms in total. The normalized spacial score (nSPS) is 21.7. The zero-order valence-corrected chi connectivity index (χ0v) is 29.9. The van der Waals surface area contributed by atoms with Crippen LogP contribution in [0, 0.1) is 0 Å². The van der Waals surface area contributed by atoms with E-state index in [-0.39, 0.29) is 49.3 Å². The molecule has 3 aromatic rings. The molecule has 0 aliphatic carbocycles. The summed E-state index contributed by atoms with van der Waals surface area (Å²) in [6, 6.07) is 5.99. The summed E-state index contributed by atoms with van der Waals surface area (Å²) in [6.45, 7) is 11.7. The highest BCUT2D eigenvalue weighted by molar-refractivity contribution is 6.39. The number of carboxylic acid groups (broad SMARTS) is 1. The van der Waals surface area contributed by atoms with Crippen molar-refractivity contribution in [2.24, 2.45) is 0 Å². The Morgan fingerprint density at radius 2 is 1.59 bits per heavy atom. The maximum atomic E-state index is 14.1. The highest BCUT2D eigenvalue weighted by Gasteiger charge is 2.58. The van der Waals surface area contributed by atoms with Crippen molar-refractivity contribution in [3.8, 4) is 11.5 Å². The number of benzene rings is 3. The van der Waals surface area contributed by atoms with Crippen LogP contribution in [0.15, 0.2) is 36.4 Å². The summed E-state index contributed by atoms with van der Waals surface area (Å²) in [5, 5.41) is 9.44. The van der Waals surface area contributed by atoms with Gasteiger partial charge in [0, 0.05) is 46.0 Å². The summed E-state index contributed by atoms with van der Waals surface area (Å²) in [7, 11) is 0. The van der Waals surface area contributed by atoms with E-state index in [2.05, 4.69) is 24.8 Å². The van der Waals surface area contributed by atoms with Crippen molar-refractivity contribution in [1.29, 1.82) is 0 Å². The lowest BCUT2D eigenvalue weighted by Gasteiger charge is -2.48. The Bertz CT molecular complexity index is 2270. The molecule has 5 aliphatic heterocycles. The lowest BCUT2D eigenvalue weighted by atomic mass is 9.72. The molecule has 3 aromatic carbocycles. The van der Waals surface area contributed by atoms with Gasteiger partial charge in [-0.05, 0) is 83.7 Å². The van der Waals surface area contributed by atoms with Gasteiger partial charge in [0.2, 0.25) is 0 Å². The number of anilines is 2. The summed E-state index contributed by atoms with van der Waals surface area (Å²) in [5.74, 6) is -4.01. The van der Waals surface area contributed by atoms with E-state index in [4.69, 9.17) is 32.7 Å². The smallest absolute Gasteiger partial charge is 0.471 e. The van der Waals surface area contributed by atoms with Crippen LogP contribution in [0.4, 0.5) is 24.5 Å². The van der Waals surface area contributed by atoms with Crippen LogP contribution >= 0.6 is 23.2 Å². The predicted octanol–water partition coefficient (Wildman–Crippen LogP) is 9.30. The minimum atomic E-state index is -5.19. The van der Waals surface area contributed by atoms with E-state index in [1.807, 2.05) is 13.0 Å². The SMILES string of the molecule is CC1=CC(C)(C)N(C(=O)C(F)(F)F)c2cc3c(cc21)C1(OC(=O)c2c(Cl)c(C(=O)O)cc(Cl)c21)c1cc2c4c(c1O3)CCCN4C(C)(C)C=C2C. The number of fused-ring (bicyclic) bond motifs is 8. The van der Waals surface area contributed by atoms with E-state index >= 15 is 0 Å². The van der Waals surface area contributed by atoms with Crippen LogP contribution in [-0.4, -0.2) is 46.8 Å². The van der Waals surface area contributed by atoms with Gasteiger partial charge in [-0.2, -0.15) is 13.2 Å². The molecule has 1 atom stereocenters. The van der Waals surface area contributed by atoms with Crippen molar-refractivity contribution in [3.05, 3.63) is 91.0 Å². The van der Waals surface area contributed by atoms with E-state index in [9.17, 15) is 32.7 Å². The van der Waals surface area contributed by atoms with Crippen LogP contribution in [0.2, 0.25) is 10.0 Å². The molecule has 1 amide bonds. The van der Waals surface area contributed by atoms with Gasteiger partial charge in [-0.1, -0.05) is 35.4 Å². The highest BCUT2D eigenvalue weighted by atomic mass is 35.5. The number of amides is 1. The zero-order valence-electron chi connectivity index (χ0n) is 28.4. The molecule has 264 valence electrons. The number of allylic oxidation sites excluding steroid dienone is 2. The summed E-state index contributed by atoms with van der Waals surface area (Å²) >= 11 is 13.6. The van der Waals surface area contributed by atoms with Crippen LogP contribution in [-0.2, 0) is 21.6 Å². The molecular weight excluding hydrogens is 708 g/mol. The molecule has 5 aliphatic rings. The summed E-state index contributed by atoms with van der Waals surface area (Å²) in [6.07, 6.45) is -0.128. The summed E-state index contributed by atoms with van der Waals surface area (Å²) in [5.41, 5.74) is 0.899. The monoisotopic (exact) mass is 738 g/mol. The fourth-order valence-electron chi connectivity index (χ4n) is 8.82. The fourth-order valence-corrected chi connectivity index (χ4v) is 9.46. The number of carboxylic acids is 1. The summed E-state index contributed by atoms with van der Waals surface area (Å²) in [4.78, 5) is 42.3. The Morgan fingerprint density at radius 3 is 2.25 bits per heavy atom. The number of rotatable bonds is 1. The van der Waals surface area contributed by atoms with E-state index in [0.717, 1.165) is 41.4 Å². The maximum absolute atomic E-state index is 14.1. The molecule has 0 fully saturated rings. The molecule has 0 aromatic heterocycles. The van der Waals surface area contributed by atoms with Crippen molar-refractivity contribution in [1.82, 2.24) is 0 Å². The molecule has 5 heterocycles. The lowest BCUT2D eigenvalue weighted by Crippen LogP contribution is -2.54. The number of ether oxygens (including phenoxy) is 2. The minimum absolute atomic E-state index is 0.0391. The van der Waals surface area contributed by atoms with Gasteiger partial charge < -0.3 is 19.5 Å². The number of carbonyl (C=O) groups excluding carboxylic acids is 2. The predicted molar refractivity (Wildman–Crippen MR) is 186 cm³/mol.